The molecule has 1 saturated heterocycles. The zero-order valence-corrected chi connectivity index (χ0v) is 16.3. The van der Waals surface area contributed by atoms with E-state index in [9.17, 15) is 20.0 Å². The van der Waals surface area contributed by atoms with Gasteiger partial charge in [-0.1, -0.05) is 45.0 Å². The molecule has 28 heavy (non-hydrogen) atoms. The average Bonchev–Trinajstić information content (AvgIpc) is 2.67. The second kappa shape index (κ2) is 7.50. The number of benzene rings is 2. The molecule has 0 bridgehead atoms. The summed E-state index contributed by atoms with van der Waals surface area (Å²) in [5.41, 5.74) is 2.42. The van der Waals surface area contributed by atoms with E-state index in [-0.39, 0.29) is 17.6 Å². The van der Waals surface area contributed by atoms with E-state index in [4.69, 9.17) is 0 Å². The fraction of sp³-hybridized carbons (Fsp3) is 0.381. The van der Waals surface area contributed by atoms with Crippen molar-refractivity contribution in [2.45, 2.75) is 32.2 Å². The molecule has 7 nitrogen and oxygen atoms in total. The van der Waals surface area contributed by atoms with Crippen molar-refractivity contribution in [1.29, 1.82) is 0 Å². The SMILES string of the molecule is CC(C)(C)c1cccc(N2CCN(c3ccccc3[N+](=O)[O-])C(C(=O)O)C2)c1. The van der Waals surface area contributed by atoms with E-state index in [0.29, 0.717) is 18.8 Å². The lowest BCUT2D eigenvalue weighted by atomic mass is 9.87. The first-order chi connectivity index (χ1) is 13.2. The van der Waals surface area contributed by atoms with Gasteiger partial charge in [0.15, 0.2) is 0 Å². The highest BCUT2D eigenvalue weighted by molar-refractivity contribution is 5.82. The average molecular weight is 383 g/mol. The molecule has 0 amide bonds. The number of piperazine rings is 1. The highest BCUT2D eigenvalue weighted by atomic mass is 16.6. The quantitative estimate of drug-likeness (QED) is 0.640. The highest BCUT2D eigenvalue weighted by Crippen LogP contribution is 2.33. The van der Waals surface area contributed by atoms with Crippen molar-refractivity contribution in [3.63, 3.8) is 0 Å². The number of para-hydroxylation sites is 2. The van der Waals surface area contributed by atoms with Crippen LogP contribution < -0.4 is 9.80 Å². The Kier molecular flexibility index (Phi) is 5.27. The van der Waals surface area contributed by atoms with Gasteiger partial charge in [-0.3, -0.25) is 10.1 Å². The molecular formula is C21H25N3O4. The molecule has 1 aliphatic heterocycles. The van der Waals surface area contributed by atoms with Crippen LogP contribution in [0.1, 0.15) is 26.3 Å². The van der Waals surface area contributed by atoms with E-state index in [1.165, 1.54) is 11.6 Å². The van der Waals surface area contributed by atoms with Crippen molar-refractivity contribution < 1.29 is 14.8 Å². The van der Waals surface area contributed by atoms with Crippen molar-refractivity contribution in [3.8, 4) is 0 Å². The first-order valence-electron chi connectivity index (χ1n) is 9.27. The molecule has 0 aromatic heterocycles. The summed E-state index contributed by atoms with van der Waals surface area (Å²) in [6.45, 7) is 7.65. The number of carboxylic acids is 1. The molecule has 2 aromatic rings. The van der Waals surface area contributed by atoms with E-state index in [1.807, 2.05) is 17.0 Å². The van der Waals surface area contributed by atoms with E-state index in [1.54, 1.807) is 23.1 Å². The Balaban J connectivity index is 1.91. The largest absolute Gasteiger partial charge is 0.480 e. The van der Waals surface area contributed by atoms with Crippen LogP contribution >= 0.6 is 0 Å². The fourth-order valence-corrected chi connectivity index (χ4v) is 3.55. The number of nitro benzene ring substituents is 1. The zero-order valence-electron chi connectivity index (χ0n) is 16.3. The van der Waals surface area contributed by atoms with E-state index in [2.05, 4.69) is 32.9 Å². The Labute approximate surface area is 164 Å². The molecule has 0 saturated carbocycles. The summed E-state index contributed by atoms with van der Waals surface area (Å²) < 4.78 is 0. The molecule has 0 aliphatic carbocycles. The van der Waals surface area contributed by atoms with Gasteiger partial charge in [0.1, 0.15) is 11.7 Å². The standard InChI is InChI=1S/C21H25N3O4/c1-21(2,3)15-7-6-8-16(13-15)22-11-12-23(19(14-22)20(25)26)17-9-4-5-10-18(17)24(27)28/h4-10,13,19H,11-12,14H2,1-3H3,(H,25,26). The van der Waals surface area contributed by atoms with Crippen molar-refractivity contribution >= 4 is 23.0 Å². The summed E-state index contributed by atoms with van der Waals surface area (Å²) >= 11 is 0. The minimum Gasteiger partial charge on any atom is -0.480 e. The molecule has 1 atom stereocenters. The van der Waals surface area contributed by atoms with Gasteiger partial charge in [0.25, 0.3) is 5.69 Å². The highest BCUT2D eigenvalue weighted by Gasteiger charge is 2.35. The Bertz CT molecular complexity index is 891. The third kappa shape index (κ3) is 3.93. The summed E-state index contributed by atoms with van der Waals surface area (Å²) in [6, 6.07) is 13.6. The van der Waals surface area contributed by atoms with E-state index < -0.39 is 16.9 Å². The van der Waals surface area contributed by atoms with Crippen LogP contribution in [-0.4, -0.2) is 41.7 Å². The molecule has 1 N–H and O–H groups in total. The van der Waals surface area contributed by atoms with Crippen LogP contribution in [0.5, 0.6) is 0 Å². The second-order valence-electron chi connectivity index (χ2n) is 8.04. The molecule has 0 spiro atoms. The summed E-state index contributed by atoms with van der Waals surface area (Å²) in [6.07, 6.45) is 0. The smallest absolute Gasteiger partial charge is 0.328 e. The molecule has 1 aliphatic rings. The third-order valence-corrected chi connectivity index (χ3v) is 5.13. The first kappa shape index (κ1) is 19.7. The van der Waals surface area contributed by atoms with Crippen LogP contribution in [0.3, 0.4) is 0 Å². The van der Waals surface area contributed by atoms with Crippen molar-refractivity contribution in [2.24, 2.45) is 0 Å². The predicted octanol–water partition coefficient (Wildman–Crippen LogP) is 3.67. The third-order valence-electron chi connectivity index (χ3n) is 5.13. The Morgan fingerprint density at radius 1 is 1.14 bits per heavy atom. The topological polar surface area (TPSA) is 86.9 Å². The lowest BCUT2D eigenvalue weighted by Gasteiger charge is -2.41. The van der Waals surface area contributed by atoms with Crippen LogP contribution in [0.25, 0.3) is 0 Å². The minimum atomic E-state index is -0.991. The molecule has 7 heteroatoms. The fourth-order valence-electron chi connectivity index (χ4n) is 3.55. The molecule has 3 rings (SSSR count). The number of carbonyl (C=O) groups is 1. The minimum absolute atomic E-state index is 0.00528. The zero-order chi connectivity index (χ0) is 20.5. The lowest BCUT2D eigenvalue weighted by Crippen LogP contribution is -2.57. The Morgan fingerprint density at radius 2 is 1.86 bits per heavy atom. The number of anilines is 2. The van der Waals surface area contributed by atoms with Crippen LogP contribution in [0.15, 0.2) is 48.5 Å². The summed E-state index contributed by atoms with van der Waals surface area (Å²) in [4.78, 5) is 26.6. The molecule has 1 unspecified atom stereocenters. The number of nitrogens with zero attached hydrogens (tertiary/aromatic N) is 3. The van der Waals surface area contributed by atoms with Gasteiger partial charge in [-0.2, -0.15) is 0 Å². The van der Waals surface area contributed by atoms with E-state index >= 15 is 0 Å². The lowest BCUT2D eigenvalue weighted by molar-refractivity contribution is -0.384. The summed E-state index contributed by atoms with van der Waals surface area (Å²) in [5, 5.41) is 21.2. The maximum atomic E-state index is 12.0. The molecular weight excluding hydrogens is 358 g/mol. The molecule has 2 aromatic carbocycles. The monoisotopic (exact) mass is 383 g/mol. The van der Waals surface area contributed by atoms with Crippen LogP contribution in [0.2, 0.25) is 0 Å². The number of hydrogen-bond donors (Lipinski definition) is 1. The van der Waals surface area contributed by atoms with Gasteiger partial charge in [0, 0.05) is 31.4 Å². The van der Waals surface area contributed by atoms with Gasteiger partial charge in [-0.25, -0.2) is 4.79 Å². The van der Waals surface area contributed by atoms with Crippen LogP contribution in [-0.2, 0) is 10.2 Å². The van der Waals surface area contributed by atoms with Crippen molar-refractivity contribution in [1.82, 2.24) is 0 Å². The number of rotatable bonds is 4. The molecule has 148 valence electrons. The summed E-state index contributed by atoms with van der Waals surface area (Å²) in [7, 11) is 0. The molecule has 0 radical (unpaired) electrons. The molecule has 1 fully saturated rings. The van der Waals surface area contributed by atoms with Gasteiger partial charge >= 0.3 is 5.97 Å². The molecule has 1 heterocycles. The van der Waals surface area contributed by atoms with Gasteiger partial charge in [0.2, 0.25) is 0 Å². The van der Waals surface area contributed by atoms with Crippen molar-refractivity contribution in [2.75, 3.05) is 29.4 Å². The maximum Gasteiger partial charge on any atom is 0.328 e. The Morgan fingerprint density at radius 3 is 2.50 bits per heavy atom. The summed E-state index contributed by atoms with van der Waals surface area (Å²) in [5.74, 6) is -0.991. The number of nitro groups is 1. The van der Waals surface area contributed by atoms with Gasteiger partial charge in [-0.15, -0.1) is 0 Å². The predicted molar refractivity (Wildman–Crippen MR) is 109 cm³/mol. The van der Waals surface area contributed by atoms with E-state index in [0.717, 1.165) is 5.69 Å². The van der Waals surface area contributed by atoms with Crippen LogP contribution in [0, 0.1) is 10.1 Å². The van der Waals surface area contributed by atoms with Gasteiger partial charge in [-0.05, 0) is 29.2 Å². The number of aliphatic carboxylic acids is 1. The van der Waals surface area contributed by atoms with Crippen LogP contribution in [0.4, 0.5) is 17.1 Å². The van der Waals surface area contributed by atoms with Crippen molar-refractivity contribution in [3.05, 3.63) is 64.2 Å². The number of hydrogen-bond acceptors (Lipinski definition) is 5. The first-order valence-corrected chi connectivity index (χ1v) is 9.27. The number of carboxylic acid groups (broad SMARTS) is 1. The second-order valence-corrected chi connectivity index (χ2v) is 8.04. The van der Waals surface area contributed by atoms with Gasteiger partial charge in [0.05, 0.1) is 4.92 Å². The maximum absolute atomic E-state index is 12.0. The Hall–Kier alpha value is -3.09. The van der Waals surface area contributed by atoms with Gasteiger partial charge < -0.3 is 14.9 Å². The normalized spacial score (nSPS) is 17.5.